The summed E-state index contributed by atoms with van der Waals surface area (Å²) in [4.78, 5) is 20.6. The van der Waals surface area contributed by atoms with E-state index in [1.54, 1.807) is 11.3 Å². The third-order valence-corrected chi connectivity index (χ3v) is 4.01. The number of hydrogen-bond acceptors (Lipinski definition) is 5. The fourth-order valence-corrected chi connectivity index (χ4v) is 2.69. The highest BCUT2D eigenvalue weighted by atomic mass is 32.1. The van der Waals surface area contributed by atoms with Crippen LogP contribution in [0.5, 0.6) is 0 Å². The second-order valence-corrected chi connectivity index (χ2v) is 7.39. The molecule has 0 spiro atoms. The van der Waals surface area contributed by atoms with Gasteiger partial charge in [0.2, 0.25) is 0 Å². The van der Waals surface area contributed by atoms with Crippen LogP contribution >= 0.6 is 11.3 Å². The molecule has 0 saturated heterocycles. The van der Waals surface area contributed by atoms with Gasteiger partial charge in [-0.05, 0) is 34.1 Å². The van der Waals surface area contributed by atoms with Gasteiger partial charge in [-0.1, -0.05) is 6.92 Å². The van der Waals surface area contributed by atoms with Crippen LogP contribution in [-0.2, 0) is 17.6 Å². The minimum absolute atomic E-state index is 0.411. The van der Waals surface area contributed by atoms with Crippen LogP contribution in [0.1, 0.15) is 45.3 Å². The van der Waals surface area contributed by atoms with Crippen molar-refractivity contribution in [2.24, 2.45) is 4.99 Å². The Morgan fingerprint density at radius 1 is 1.24 bits per heavy atom. The number of rotatable bonds is 8. The summed E-state index contributed by atoms with van der Waals surface area (Å²) in [6.45, 7) is 12.1. The topological polar surface area (TPSA) is 87.6 Å². The van der Waals surface area contributed by atoms with Gasteiger partial charge in [-0.3, -0.25) is 4.99 Å². The van der Waals surface area contributed by atoms with Gasteiger partial charge < -0.3 is 20.7 Å². The van der Waals surface area contributed by atoms with Crippen molar-refractivity contribution in [1.82, 2.24) is 20.9 Å². The van der Waals surface area contributed by atoms with Crippen LogP contribution in [-0.4, -0.2) is 48.8 Å². The third-order valence-electron chi connectivity index (χ3n) is 2.97. The van der Waals surface area contributed by atoms with Crippen LogP contribution in [0.25, 0.3) is 0 Å². The number of aromatic nitrogens is 1. The van der Waals surface area contributed by atoms with Gasteiger partial charge in [-0.15, -0.1) is 11.3 Å². The molecule has 0 fully saturated rings. The Morgan fingerprint density at radius 3 is 2.56 bits per heavy atom. The van der Waals surface area contributed by atoms with Gasteiger partial charge in [-0.2, -0.15) is 0 Å². The summed E-state index contributed by atoms with van der Waals surface area (Å²) in [5, 5.41) is 12.4. The first-order valence-electron chi connectivity index (χ1n) is 8.76. The van der Waals surface area contributed by atoms with E-state index in [4.69, 9.17) is 4.74 Å². The normalized spacial score (nSPS) is 12.0. The van der Waals surface area contributed by atoms with Crippen LogP contribution in [0.15, 0.2) is 10.4 Å². The lowest BCUT2D eigenvalue weighted by Gasteiger charge is -2.19. The van der Waals surface area contributed by atoms with E-state index in [2.05, 4.69) is 38.2 Å². The molecule has 1 heterocycles. The zero-order valence-electron chi connectivity index (χ0n) is 15.9. The molecule has 7 nitrogen and oxygen atoms in total. The fraction of sp³-hybridized carbons (Fsp3) is 0.706. The number of carbonyl (C=O) groups is 1. The number of thiazole rings is 1. The summed E-state index contributed by atoms with van der Waals surface area (Å²) < 4.78 is 5.19. The summed E-state index contributed by atoms with van der Waals surface area (Å²) in [5.74, 6) is 0.736. The van der Waals surface area contributed by atoms with Gasteiger partial charge in [0, 0.05) is 38.0 Å². The molecule has 0 aliphatic heterocycles. The summed E-state index contributed by atoms with van der Waals surface area (Å²) in [5.41, 5.74) is 0.606. The van der Waals surface area contributed by atoms with E-state index in [0.29, 0.717) is 19.6 Å². The molecule has 3 N–H and O–H groups in total. The molecule has 0 atom stereocenters. The molecule has 1 amide bonds. The van der Waals surface area contributed by atoms with Crippen LogP contribution < -0.4 is 16.0 Å². The van der Waals surface area contributed by atoms with Gasteiger partial charge in [0.15, 0.2) is 5.96 Å². The van der Waals surface area contributed by atoms with E-state index in [-0.39, 0.29) is 0 Å². The number of aliphatic imine (C=N–C) groups is 1. The number of amides is 1. The Balaban J connectivity index is 2.31. The molecule has 0 saturated carbocycles. The molecular weight excluding hydrogens is 338 g/mol. The number of nitrogens with zero attached hydrogens (tertiary/aromatic N) is 2. The quantitative estimate of drug-likeness (QED) is 0.372. The second kappa shape index (κ2) is 10.9. The van der Waals surface area contributed by atoms with Gasteiger partial charge >= 0.3 is 6.09 Å². The van der Waals surface area contributed by atoms with E-state index in [0.717, 1.165) is 36.0 Å². The molecule has 0 unspecified atom stereocenters. The Bertz CT molecular complexity index is 551. The van der Waals surface area contributed by atoms with E-state index in [1.807, 2.05) is 27.7 Å². The van der Waals surface area contributed by atoms with Gasteiger partial charge in [0.05, 0.1) is 10.7 Å². The molecule has 0 aliphatic carbocycles. The Labute approximate surface area is 154 Å². The van der Waals surface area contributed by atoms with Crippen molar-refractivity contribution >= 4 is 23.4 Å². The highest BCUT2D eigenvalue weighted by molar-refractivity contribution is 7.09. The maximum absolute atomic E-state index is 11.6. The van der Waals surface area contributed by atoms with Crippen molar-refractivity contribution in [3.63, 3.8) is 0 Å². The van der Waals surface area contributed by atoms with Gasteiger partial charge in [0.25, 0.3) is 0 Å². The number of alkyl carbamates (subject to hydrolysis) is 1. The van der Waals surface area contributed by atoms with E-state index in [9.17, 15) is 4.79 Å². The fourth-order valence-electron chi connectivity index (χ4n) is 1.91. The Morgan fingerprint density at radius 2 is 1.96 bits per heavy atom. The van der Waals surface area contributed by atoms with Gasteiger partial charge in [0.1, 0.15) is 5.60 Å². The predicted molar refractivity (Wildman–Crippen MR) is 103 cm³/mol. The maximum atomic E-state index is 11.6. The van der Waals surface area contributed by atoms with Crippen molar-refractivity contribution in [3.8, 4) is 0 Å². The molecule has 1 aromatic heterocycles. The number of hydrogen-bond donors (Lipinski definition) is 3. The Hall–Kier alpha value is -1.83. The molecule has 0 radical (unpaired) electrons. The second-order valence-electron chi connectivity index (χ2n) is 6.45. The molecule has 0 aliphatic rings. The van der Waals surface area contributed by atoms with Crippen LogP contribution in [0, 0.1) is 0 Å². The minimum atomic E-state index is -0.485. The Kier molecular flexibility index (Phi) is 9.26. The average molecular weight is 370 g/mol. The maximum Gasteiger partial charge on any atom is 0.407 e. The molecule has 0 aromatic carbocycles. The summed E-state index contributed by atoms with van der Waals surface area (Å²) in [6, 6.07) is 0. The van der Waals surface area contributed by atoms with E-state index < -0.39 is 11.7 Å². The van der Waals surface area contributed by atoms with Crippen LogP contribution in [0.3, 0.4) is 0 Å². The van der Waals surface area contributed by atoms with Crippen LogP contribution in [0.2, 0.25) is 0 Å². The largest absolute Gasteiger partial charge is 0.444 e. The van der Waals surface area contributed by atoms with Crippen molar-refractivity contribution in [2.75, 3.05) is 26.2 Å². The van der Waals surface area contributed by atoms with Crippen molar-refractivity contribution in [2.45, 2.75) is 53.1 Å². The summed E-state index contributed by atoms with van der Waals surface area (Å²) in [7, 11) is 0. The zero-order chi connectivity index (χ0) is 18.7. The molecule has 142 valence electrons. The first-order chi connectivity index (χ1) is 11.8. The van der Waals surface area contributed by atoms with Gasteiger partial charge in [-0.25, -0.2) is 9.78 Å². The van der Waals surface area contributed by atoms with Crippen LogP contribution in [0.4, 0.5) is 4.79 Å². The van der Waals surface area contributed by atoms with Crippen molar-refractivity contribution in [3.05, 3.63) is 16.1 Å². The highest BCUT2D eigenvalue weighted by Crippen LogP contribution is 2.10. The number of ether oxygens (including phenoxy) is 1. The number of nitrogens with one attached hydrogen (secondary N) is 3. The molecule has 1 aromatic rings. The number of aryl methyl sites for hydroxylation is 1. The predicted octanol–water partition coefficient (Wildman–Crippen LogP) is 2.33. The minimum Gasteiger partial charge on any atom is -0.444 e. The monoisotopic (exact) mass is 369 g/mol. The molecule has 1 rings (SSSR count). The number of carbonyl (C=O) groups excluding carboxylic acids is 1. The smallest absolute Gasteiger partial charge is 0.407 e. The van der Waals surface area contributed by atoms with E-state index in [1.165, 1.54) is 0 Å². The first-order valence-corrected chi connectivity index (χ1v) is 9.64. The average Bonchev–Trinajstić information content (AvgIpc) is 2.97. The lowest BCUT2D eigenvalue weighted by atomic mass is 10.2. The van der Waals surface area contributed by atoms with E-state index >= 15 is 0 Å². The standard InChI is InChI=1S/C17H31N5O2S/c1-6-14-22-13(12-25-14)8-9-19-15(18-7-2)20-10-11-21-16(23)24-17(3,4)5/h12H,6-11H2,1-5H3,(H,21,23)(H2,18,19,20). The van der Waals surface area contributed by atoms with Crippen molar-refractivity contribution in [1.29, 1.82) is 0 Å². The first kappa shape index (κ1) is 21.2. The summed E-state index contributed by atoms with van der Waals surface area (Å²) in [6.07, 6.45) is 1.39. The van der Waals surface area contributed by atoms with Crippen molar-refractivity contribution < 1.29 is 9.53 Å². The molecule has 25 heavy (non-hydrogen) atoms. The summed E-state index contributed by atoms with van der Waals surface area (Å²) >= 11 is 1.70. The lowest BCUT2D eigenvalue weighted by Crippen LogP contribution is -2.42. The lowest BCUT2D eigenvalue weighted by molar-refractivity contribution is 0.0529. The SMILES string of the molecule is CCNC(=NCCc1csc(CC)n1)NCCNC(=O)OC(C)(C)C. The third kappa shape index (κ3) is 9.91. The molecular formula is C17H31N5O2S. The molecule has 0 bridgehead atoms. The molecule has 8 heteroatoms. The highest BCUT2D eigenvalue weighted by Gasteiger charge is 2.15. The number of guanidine groups is 1. The zero-order valence-corrected chi connectivity index (χ0v) is 16.8.